The van der Waals surface area contributed by atoms with Crippen LogP contribution in [-0.4, -0.2) is 30.4 Å². The largest absolute Gasteiger partial charge is 0.323 e. The summed E-state index contributed by atoms with van der Waals surface area (Å²) in [5.41, 5.74) is 3.21. The van der Waals surface area contributed by atoms with Crippen molar-refractivity contribution < 1.29 is 13.2 Å². The van der Waals surface area contributed by atoms with Crippen LogP contribution in [0.2, 0.25) is 0 Å². The Labute approximate surface area is 145 Å². The number of carbonyl (C=O) groups is 1. The standard InChI is InChI=1S/C16H17N5O3S/c17-25(23,24)20-11-3-1-10(2-4-11)13-7-8-18-15-14(13)9-21(12-5-6-12)16(22)19-15/h1-4,7-8,12,20H,5-6,9H2,(H2,17,23,24)(H,18,19,22). The molecule has 2 amide bonds. The molecule has 25 heavy (non-hydrogen) atoms. The number of nitrogens with one attached hydrogen (secondary N) is 2. The zero-order valence-electron chi connectivity index (χ0n) is 13.3. The van der Waals surface area contributed by atoms with Gasteiger partial charge in [-0.15, -0.1) is 0 Å². The average Bonchev–Trinajstić information content (AvgIpc) is 3.38. The molecule has 9 heteroatoms. The van der Waals surface area contributed by atoms with E-state index in [1.54, 1.807) is 30.5 Å². The molecule has 2 aliphatic rings. The summed E-state index contributed by atoms with van der Waals surface area (Å²) in [6.45, 7) is 0.520. The second-order valence-electron chi connectivity index (χ2n) is 6.20. The van der Waals surface area contributed by atoms with Gasteiger partial charge in [-0.3, -0.25) is 10.0 Å². The van der Waals surface area contributed by atoms with Crippen LogP contribution in [0, 0.1) is 0 Å². The average molecular weight is 359 g/mol. The highest BCUT2D eigenvalue weighted by Crippen LogP contribution is 2.36. The van der Waals surface area contributed by atoms with Crippen LogP contribution < -0.4 is 15.2 Å². The van der Waals surface area contributed by atoms with Crippen LogP contribution in [0.15, 0.2) is 36.5 Å². The van der Waals surface area contributed by atoms with Gasteiger partial charge in [0.2, 0.25) is 0 Å². The van der Waals surface area contributed by atoms with Crippen LogP contribution in [0.1, 0.15) is 18.4 Å². The molecule has 2 heterocycles. The van der Waals surface area contributed by atoms with Crippen molar-refractivity contribution in [3.63, 3.8) is 0 Å². The van der Waals surface area contributed by atoms with Gasteiger partial charge in [-0.05, 0) is 42.2 Å². The van der Waals surface area contributed by atoms with Crippen molar-refractivity contribution in [1.29, 1.82) is 0 Å². The number of fused-ring (bicyclic) bond motifs is 1. The summed E-state index contributed by atoms with van der Waals surface area (Å²) in [4.78, 5) is 18.3. The Hall–Kier alpha value is -2.65. The molecular formula is C16H17N5O3S. The first-order chi connectivity index (χ1) is 11.9. The molecule has 1 aliphatic carbocycles. The van der Waals surface area contributed by atoms with E-state index in [1.165, 1.54) is 0 Å². The fourth-order valence-electron chi connectivity index (χ4n) is 3.01. The highest BCUT2D eigenvalue weighted by Gasteiger charge is 2.36. The van der Waals surface area contributed by atoms with Gasteiger partial charge in [0.25, 0.3) is 10.2 Å². The van der Waals surface area contributed by atoms with Gasteiger partial charge in [0.1, 0.15) is 5.82 Å². The Bertz CT molecular complexity index is 939. The third-order valence-corrected chi connectivity index (χ3v) is 4.83. The topological polar surface area (TPSA) is 117 Å². The third kappa shape index (κ3) is 3.28. The Morgan fingerprint density at radius 2 is 1.92 bits per heavy atom. The molecule has 0 radical (unpaired) electrons. The van der Waals surface area contributed by atoms with Gasteiger partial charge in [0, 0.05) is 23.5 Å². The molecule has 0 spiro atoms. The van der Waals surface area contributed by atoms with E-state index in [2.05, 4.69) is 15.0 Å². The number of nitrogens with two attached hydrogens (primary N) is 1. The molecule has 1 saturated carbocycles. The second kappa shape index (κ2) is 5.71. The van der Waals surface area contributed by atoms with E-state index in [0.717, 1.165) is 29.5 Å². The molecule has 0 bridgehead atoms. The minimum absolute atomic E-state index is 0.104. The Kier molecular flexibility index (Phi) is 3.62. The number of anilines is 2. The maximum atomic E-state index is 12.2. The van der Waals surface area contributed by atoms with Crippen molar-refractivity contribution in [3.8, 4) is 11.1 Å². The van der Waals surface area contributed by atoms with Crippen LogP contribution in [0.5, 0.6) is 0 Å². The molecule has 0 saturated heterocycles. The lowest BCUT2D eigenvalue weighted by Crippen LogP contribution is -2.40. The van der Waals surface area contributed by atoms with Crippen LogP contribution in [0.3, 0.4) is 0 Å². The summed E-state index contributed by atoms with van der Waals surface area (Å²) in [5, 5.41) is 7.83. The fraction of sp³-hybridized carbons (Fsp3) is 0.250. The highest BCUT2D eigenvalue weighted by molar-refractivity contribution is 7.90. The second-order valence-corrected chi connectivity index (χ2v) is 7.49. The van der Waals surface area contributed by atoms with Gasteiger partial charge in [-0.25, -0.2) is 14.9 Å². The van der Waals surface area contributed by atoms with E-state index in [-0.39, 0.29) is 6.03 Å². The molecule has 2 aromatic rings. The van der Waals surface area contributed by atoms with Gasteiger partial charge < -0.3 is 4.90 Å². The number of rotatable bonds is 4. The minimum Gasteiger partial charge on any atom is -0.317 e. The number of amides is 2. The predicted octanol–water partition coefficient (Wildman–Crippen LogP) is 1.87. The van der Waals surface area contributed by atoms with Crippen molar-refractivity contribution in [2.45, 2.75) is 25.4 Å². The number of hydrogen-bond acceptors (Lipinski definition) is 4. The maximum Gasteiger partial charge on any atom is 0.323 e. The number of hydrogen-bond donors (Lipinski definition) is 3. The van der Waals surface area contributed by atoms with E-state index in [9.17, 15) is 13.2 Å². The number of aromatic nitrogens is 1. The summed E-state index contributed by atoms with van der Waals surface area (Å²) in [6, 6.07) is 9.00. The quantitative estimate of drug-likeness (QED) is 0.772. The highest BCUT2D eigenvalue weighted by atomic mass is 32.2. The molecule has 0 atom stereocenters. The number of pyridine rings is 1. The fourth-order valence-corrected chi connectivity index (χ4v) is 3.47. The lowest BCUT2D eigenvalue weighted by Gasteiger charge is -2.30. The Balaban J connectivity index is 1.67. The first-order valence-corrected chi connectivity index (χ1v) is 9.42. The van der Waals surface area contributed by atoms with E-state index in [4.69, 9.17) is 5.14 Å². The van der Waals surface area contributed by atoms with E-state index >= 15 is 0 Å². The molecular weight excluding hydrogens is 342 g/mol. The zero-order valence-corrected chi connectivity index (χ0v) is 14.1. The summed E-state index contributed by atoms with van der Waals surface area (Å²) in [6.07, 6.45) is 3.72. The molecule has 0 unspecified atom stereocenters. The van der Waals surface area contributed by atoms with Crippen LogP contribution in [-0.2, 0) is 16.8 Å². The van der Waals surface area contributed by atoms with E-state index in [0.29, 0.717) is 24.1 Å². The van der Waals surface area contributed by atoms with E-state index < -0.39 is 10.2 Å². The molecule has 1 aromatic carbocycles. The molecule has 8 nitrogen and oxygen atoms in total. The molecule has 4 rings (SSSR count). The van der Waals surface area contributed by atoms with Gasteiger partial charge in [-0.1, -0.05) is 12.1 Å². The van der Waals surface area contributed by atoms with E-state index in [1.807, 2.05) is 11.0 Å². The van der Waals surface area contributed by atoms with Gasteiger partial charge >= 0.3 is 6.03 Å². The number of nitrogens with zero attached hydrogens (tertiary/aromatic N) is 2. The molecule has 4 N–H and O–H groups in total. The third-order valence-electron chi connectivity index (χ3n) is 4.31. The smallest absolute Gasteiger partial charge is 0.317 e. The lowest BCUT2D eigenvalue weighted by atomic mass is 9.99. The predicted molar refractivity (Wildman–Crippen MR) is 94.0 cm³/mol. The van der Waals surface area contributed by atoms with Gasteiger partial charge in [-0.2, -0.15) is 8.42 Å². The van der Waals surface area contributed by atoms with Crippen molar-refractivity contribution in [3.05, 3.63) is 42.1 Å². The van der Waals surface area contributed by atoms with Crippen molar-refractivity contribution in [2.75, 3.05) is 10.0 Å². The maximum absolute atomic E-state index is 12.2. The molecule has 1 aliphatic heterocycles. The molecule has 130 valence electrons. The van der Waals surface area contributed by atoms with Crippen molar-refractivity contribution >= 4 is 27.7 Å². The number of urea groups is 1. The SMILES string of the molecule is NS(=O)(=O)Nc1ccc(-c2ccnc3c2CN(C2CC2)C(=O)N3)cc1. The minimum atomic E-state index is -3.80. The number of carbonyl (C=O) groups excluding carboxylic acids is 1. The normalized spacial score (nSPS) is 17.0. The monoisotopic (exact) mass is 359 g/mol. The Morgan fingerprint density at radius 1 is 1.20 bits per heavy atom. The van der Waals surface area contributed by atoms with Crippen LogP contribution in [0.4, 0.5) is 16.3 Å². The summed E-state index contributed by atoms with van der Waals surface area (Å²) in [5.74, 6) is 0.575. The van der Waals surface area contributed by atoms with Crippen LogP contribution in [0.25, 0.3) is 11.1 Å². The summed E-state index contributed by atoms with van der Waals surface area (Å²) >= 11 is 0. The molecule has 1 aromatic heterocycles. The first kappa shape index (κ1) is 15.9. The first-order valence-electron chi connectivity index (χ1n) is 7.87. The zero-order chi connectivity index (χ0) is 17.6. The van der Waals surface area contributed by atoms with Gasteiger partial charge in [0.15, 0.2) is 0 Å². The van der Waals surface area contributed by atoms with Gasteiger partial charge in [0.05, 0.1) is 6.54 Å². The lowest BCUT2D eigenvalue weighted by molar-refractivity contribution is 0.203. The molecule has 1 fully saturated rings. The van der Waals surface area contributed by atoms with Crippen molar-refractivity contribution in [2.24, 2.45) is 5.14 Å². The van der Waals surface area contributed by atoms with Crippen molar-refractivity contribution in [1.82, 2.24) is 9.88 Å². The summed E-state index contributed by atoms with van der Waals surface area (Å²) in [7, 11) is -3.80. The Morgan fingerprint density at radius 3 is 2.56 bits per heavy atom. The number of benzene rings is 1. The summed E-state index contributed by atoms with van der Waals surface area (Å²) < 4.78 is 24.4. The van der Waals surface area contributed by atoms with Crippen LogP contribution >= 0.6 is 0 Å².